The second-order valence-corrected chi connectivity index (χ2v) is 7.61. The van der Waals surface area contributed by atoms with E-state index in [1.807, 2.05) is 4.90 Å². The van der Waals surface area contributed by atoms with Crippen LogP contribution in [0.2, 0.25) is 0 Å². The molecule has 0 atom stereocenters. The van der Waals surface area contributed by atoms with Gasteiger partial charge in [-0.1, -0.05) is 0 Å². The van der Waals surface area contributed by atoms with Gasteiger partial charge in [0.1, 0.15) is 0 Å². The Morgan fingerprint density at radius 2 is 1.77 bits per heavy atom. The second kappa shape index (κ2) is 7.00. The van der Waals surface area contributed by atoms with Gasteiger partial charge in [-0.15, -0.1) is 0 Å². The van der Waals surface area contributed by atoms with Crippen LogP contribution in [0.15, 0.2) is 36.5 Å². The lowest BCUT2D eigenvalue weighted by atomic mass is 10.1. The highest BCUT2D eigenvalue weighted by Gasteiger charge is 2.34. The van der Waals surface area contributed by atoms with Crippen molar-refractivity contribution in [3.63, 3.8) is 0 Å². The number of alkyl halides is 2. The number of aromatic amines is 2. The molecule has 0 saturated carbocycles. The molecule has 6 nitrogen and oxygen atoms in total. The number of halogens is 4. The molecular weight excluding hydrogens is 414 g/mol. The summed E-state index contributed by atoms with van der Waals surface area (Å²) in [7, 11) is 0. The molecule has 3 heterocycles. The molecule has 2 aromatic carbocycles. The Morgan fingerprint density at radius 3 is 2.55 bits per heavy atom. The second-order valence-electron chi connectivity index (χ2n) is 7.61. The molecule has 5 rings (SSSR count). The summed E-state index contributed by atoms with van der Waals surface area (Å²) < 4.78 is 53.8. The van der Waals surface area contributed by atoms with Crippen molar-refractivity contribution in [2.24, 2.45) is 0 Å². The van der Waals surface area contributed by atoms with Crippen LogP contribution in [0.5, 0.6) is 0 Å². The summed E-state index contributed by atoms with van der Waals surface area (Å²) in [6.45, 7) is 0.495. The Morgan fingerprint density at radius 1 is 1.03 bits per heavy atom. The average molecular weight is 431 g/mol. The number of piperidine rings is 1. The number of carbonyl (C=O) groups is 1. The number of carbonyl (C=O) groups excluding carboxylic acids is 1. The number of benzene rings is 2. The van der Waals surface area contributed by atoms with Crippen LogP contribution >= 0.6 is 0 Å². The van der Waals surface area contributed by atoms with Crippen molar-refractivity contribution in [1.82, 2.24) is 15.2 Å². The van der Waals surface area contributed by atoms with E-state index < -0.39 is 23.5 Å². The first kappa shape index (κ1) is 19.4. The highest BCUT2D eigenvalue weighted by Crippen LogP contribution is 2.32. The molecule has 0 radical (unpaired) electrons. The van der Waals surface area contributed by atoms with Gasteiger partial charge in [0.05, 0.1) is 16.7 Å². The maximum Gasteiger partial charge on any atom is 0.276 e. The van der Waals surface area contributed by atoms with Gasteiger partial charge >= 0.3 is 0 Å². The van der Waals surface area contributed by atoms with Crippen LogP contribution in [-0.2, 0) is 0 Å². The molecule has 31 heavy (non-hydrogen) atoms. The zero-order chi connectivity index (χ0) is 21.8. The van der Waals surface area contributed by atoms with Gasteiger partial charge in [0.15, 0.2) is 17.3 Å². The Kier molecular flexibility index (Phi) is 4.38. The maximum absolute atomic E-state index is 13.6. The first-order valence-corrected chi connectivity index (χ1v) is 9.69. The van der Waals surface area contributed by atoms with Gasteiger partial charge in [-0.25, -0.2) is 17.6 Å². The van der Waals surface area contributed by atoms with Gasteiger partial charge in [-0.2, -0.15) is 5.10 Å². The summed E-state index contributed by atoms with van der Waals surface area (Å²) in [6.07, 6.45) is 1.05. The SMILES string of the molecule is O=C(Nc1c[nH]c2cc(F)c(F)cc12)c1n[nH]c2cc(N3CCC(F)(F)CC3)ccc12. The minimum Gasteiger partial charge on any atom is -0.371 e. The van der Waals surface area contributed by atoms with Crippen molar-refractivity contribution in [2.75, 3.05) is 23.3 Å². The largest absolute Gasteiger partial charge is 0.371 e. The first-order chi connectivity index (χ1) is 14.8. The molecule has 4 aromatic rings. The monoisotopic (exact) mass is 431 g/mol. The van der Waals surface area contributed by atoms with E-state index in [0.717, 1.165) is 17.8 Å². The molecule has 2 aromatic heterocycles. The fourth-order valence-electron chi connectivity index (χ4n) is 3.87. The maximum atomic E-state index is 13.6. The van der Waals surface area contributed by atoms with Crippen molar-refractivity contribution in [3.05, 3.63) is 53.9 Å². The molecule has 1 amide bonds. The van der Waals surface area contributed by atoms with Gasteiger partial charge in [0.25, 0.3) is 11.8 Å². The quantitative estimate of drug-likeness (QED) is 0.408. The number of aromatic nitrogens is 3. The van der Waals surface area contributed by atoms with Crippen LogP contribution in [-0.4, -0.2) is 40.1 Å². The van der Waals surface area contributed by atoms with Crippen LogP contribution in [0.1, 0.15) is 23.3 Å². The normalized spacial score (nSPS) is 16.2. The molecule has 10 heteroatoms. The van der Waals surface area contributed by atoms with E-state index in [9.17, 15) is 22.4 Å². The molecule has 0 unspecified atom stereocenters. The molecule has 0 spiro atoms. The van der Waals surface area contributed by atoms with E-state index in [-0.39, 0.29) is 31.6 Å². The van der Waals surface area contributed by atoms with Gasteiger partial charge < -0.3 is 15.2 Å². The van der Waals surface area contributed by atoms with Crippen LogP contribution < -0.4 is 10.2 Å². The minimum absolute atomic E-state index is 0.128. The van der Waals surface area contributed by atoms with E-state index in [4.69, 9.17) is 0 Å². The molecule has 1 aliphatic heterocycles. The Bertz CT molecular complexity index is 1300. The van der Waals surface area contributed by atoms with Gasteiger partial charge in [0.2, 0.25) is 0 Å². The smallest absolute Gasteiger partial charge is 0.276 e. The summed E-state index contributed by atoms with van der Waals surface area (Å²) in [6, 6.07) is 7.27. The number of fused-ring (bicyclic) bond motifs is 2. The average Bonchev–Trinajstić information content (AvgIpc) is 3.32. The molecule has 1 fully saturated rings. The predicted octanol–water partition coefficient (Wildman–Crippen LogP) is 4.81. The number of nitrogens with one attached hydrogen (secondary N) is 3. The highest BCUT2D eigenvalue weighted by atomic mass is 19.3. The van der Waals surface area contributed by atoms with Gasteiger partial charge in [-0.3, -0.25) is 9.89 Å². The summed E-state index contributed by atoms with van der Waals surface area (Å²) in [5.74, 6) is -5.16. The molecule has 0 aliphatic carbocycles. The lowest BCUT2D eigenvalue weighted by Gasteiger charge is -2.33. The molecule has 160 valence electrons. The van der Waals surface area contributed by atoms with E-state index in [0.29, 0.717) is 27.5 Å². The number of hydrogen-bond acceptors (Lipinski definition) is 3. The molecule has 3 N–H and O–H groups in total. The third-order valence-electron chi connectivity index (χ3n) is 5.59. The molecule has 0 bridgehead atoms. The summed E-state index contributed by atoms with van der Waals surface area (Å²) in [5.41, 5.74) is 2.13. The van der Waals surface area contributed by atoms with E-state index in [1.54, 1.807) is 18.2 Å². The van der Waals surface area contributed by atoms with Crippen LogP contribution in [0.3, 0.4) is 0 Å². The number of amides is 1. The fourth-order valence-corrected chi connectivity index (χ4v) is 3.87. The molecule has 1 saturated heterocycles. The lowest BCUT2D eigenvalue weighted by Crippen LogP contribution is -2.39. The van der Waals surface area contributed by atoms with E-state index in [1.165, 1.54) is 6.20 Å². The molecule has 1 aliphatic rings. The topological polar surface area (TPSA) is 76.8 Å². The van der Waals surface area contributed by atoms with Crippen molar-refractivity contribution in [3.8, 4) is 0 Å². The Balaban J connectivity index is 1.39. The third kappa shape index (κ3) is 3.47. The lowest BCUT2D eigenvalue weighted by molar-refractivity contribution is -0.0220. The van der Waals surface area contributed by atoms with Crippen molar-refractivity contribution in [2.45, 2.75) is 18.8 Å². The van der Waals surface area contributed by atoms with E-state index in [2.05, 4.69) is 20.5 Å². The Hall–Kier alpha value is -3.56. The Labute approximate surface area is 173 Å². The van der Waals surface area contributed by atoms with Gasteiger partial charge in [0, 0.05) is 54.7 Å². The third-order valence-corrected chi connectivity index (χ3v) is 5.59. The van der Waals surface area contributed by atoms with E-state index >= 15 is 0 Å². The van der Waals surface area contributed by atoms with Crippen LogP contribution in [0.25, 0.3) is 21.8 Å². The summed E-state index contributed by atoms with van der Waals surface area (Å²) >= 11 is 0. The van der Waals surface area contributed by atoms with Crippen LogP contribution in [0, 0.1) is 11.6 Å². The minimum atomic E-state index is -2.63. The fraction of sp³-hybridized carbons (Fsp3) is 0.238. The summed E-state index contributed by atoms with van der Waals surface area (Å²) in [5, 5.41) is 10.4. The number of H-pyrrole nitrogens is 2. The zero-order valence-corrected chi connectivity index (χ0v) is 16.1. The number of anilines is 2. The molecular formula is C21H17F4N5O. The van der Waals surface area contributed by atoms with Crippen molar-refractivity contribution >= 4 is 39.1 Å². The first-order valence-electron chi connectivity index (χ1n) is 9.69. The van der Waals surface area contributed by atoms with Crippen molar-refractivity contribution < 1.29 is 22.4 Å². The van der Waals surface area contributed by atoms with Crippen LogP contribution in [0.4, 0.5) is 28.9 Å². The standard InChI is InChI=1S/C21H17F4N5O/c22-14-8-13-16(9-15(14)23)26-10-18(13)27-20(31)19-12-2-1-11(7-17(12)28-29-19)30-5-3-21(24,25)4-6-30/h1-2,7-10,26H,3-6H2,(H,27,31)(H,28,29). The number of hydrogen-bond donors (Lipinski definition) is 3. The highest BCUT2D eigenvalue weighted by molar-refractivity contribution is 6.14. The van der Waals surface area contributed by atoms with Crippen molar-refractivity contribution in [1.29, 1.82) is 0 Å². The predicted molar refractivity (Wildman–Crippen MR) is 109 cm³/mol. The number of nitrogens with zero attached hydrogens (tertiary/aromatic N) is 2. The summed E-state index contributed by atoms with van der Waals surface area (Å²) in [4.78, 5) is 17.4. The zero-order valence-electron chi connectivity index (χ0n) is 16.1. The van der Waals surface area contributed by atoms with Gasteiger partial charge in [-0.05, 0) is 24.3 Å². The number of rotatable bonds is 3.